The Morgan fingerprint density at radius 2 is 0.615 bits per heavy atom. The summed E-state index contributed by atoms with van der Waals surface area (Å²) in [7, 11) is 0. The molecule has 0 spiro atoms. The molecule has 9 aromatic rings. The van der Waals surface area contributed by atoms with Crippen molar-refractivity contribution in [3.8, 4) is 34.5 Å². The van der Waals surface area contributed by atoms with Crippen LogP contribution in [0.2, 0.25) is 0 Å². The van der Waals surface area contributed by atoms with Crippen molar-refractivity contribution < 1.29 is 113 Å². The number of carbonyl (C=O) groups is 6. The summed E-state index contributed by atoms with van der Waals surface area (Å²) in [5, 5.41) is 64.6. The van der Waals surface area contributed by atoms with E-state index in [1.54, 1.807) is 18.2 Å². The molecule has 3 unspecified atom stereocenters. The van der Waals surface area contributed by atoms with E-state index < -0.39 is 159 Å². The van der Waals surface area contributed by atoms with Crippen LogP contribution in [0.15, 0.2) is 142 Å². The van der Waals surface area contributed by atoms with Gasteiger partial charge >= 0.3 is 36.4 Å². The SMILES string of the molecule is O=C(O)CNC(=O)c1c(O)c2cccc3c2n(c1=O)C(c1ccc(C(F)(F)F)cc1)CO3.O=C(O)CNC(=O)c1c(O)c2cccc3c2n(c1=O)C(c1ccc(C(F)(F)F)cc1)CO3.O=C(O)CNC(=O)c1c(O)c2cccc3c2n(c1=O)C(c1ccc(C(F)(F)F)cc1)CO3. The van der Waals surface area contributed by atoms with Crippen LogP contribution in [0.3, 0.4) is 0 Å². The Morgan fingerprint density at radius 3 is 0.823 bits per heavy atom. The van der Waals surface area contributed by atoms with Gasteiger partial charge in [-0.15, -0.1) is 0 Å². The monoisotopic (exact) mass is 1340 g/mol. The lowest BCUT2D eigenvalue weighted by atomic mass is 10.0. The number of carboxylic acids is 3. The minimum Gasteiger partial charge on any atom is -0.506 e. The van der Waals surface area contributed by atoms with Crippen LogP contribution in [0.4, 0.5) is 39.5 Å². The molecule has 12 rings (SSSR count). The minimum absolute atomic E-state index is 0.0965. The summed E-state index contributed by atoms with van der Waals surface area (Å²) < 4.78 is 137. The van der Waals surface area contributed by atoms with Crippen molar-refractivity contribution in [1.29, 1.82) is 0 Å². The fourth-order valence-corrected chi connectivity index (χ4v) is 11.0. The fourth-order valence-electron chi connectivity index (χ4n) is 11.0. The first-order valence-electron chi connectivity index (χ1n) is 27.9. The molecule has 0 radical (unpaired) electrons. The Labute approximate surface area is 528 Å². The van der Waals surface area contributed by atoms with Crippen LogP contribution in [0.1, 0.15) is 82.6 Å². The lowest BCUT2D eigenvalue weighted by Crippen LogP contribution is -2.39. The number of ether oxygens (including phenoxy) is 3. The number of nitrogens with zero attached hydrogens (tertiary/aromatic N) is 3. The number of hydrogen-bond acceptors (Lipinski definition) is 15. The van der Waals surface area contributed by atoms with Gasteiger partial charge in [0.2, 0.25) is 0 Å². The first-order chi connectivity index (χ1) is 45.3. The zero-order chi connectivity index (χ0) is 69.6. The Morgan fingerprint density at radius 1 is 0.385 bits per heavy atom. The number of hydrogen-bond donors (Lipinski definition) is 9. The van der Waals surface area contributed by atoms with Crippen molar-refractivity contribution in [2.24, 2.45) is 0 Å². The third-order valence-electron chi connectivity index (χ3n) is 15.4. The van der Waals surface area contributed by atoms with Crippen LogP contribution in [-0.2, 0) is 32.9 Å². The zero-order valence-corrected chi connectivity index (χ0v) is 48.4. The standard InChI is InChI=1S/3C21H15F3N2O6/c3*22-21(23,24)11-6-4-10(5-7-11)13-9-32-14-3-1-2-12-17(14)26(13)20(31)16(18(12)29)19(30)25-8-15(27)28/h3*1-7,13,29H,8-9H2,(H,25,30)(H,27,28). The number of benzene rings is 6. The molecule has 3 amide bonds. The maximum absolute atomic E-state index is 13.3. The van der Waals surface area contributed by atoms with Crippen molar-refractivity contribution in [2.45, 2.75) is 36.7 Å². The van der Waals surface area contributed by atoms with E-state index in [0.717, 1.165) is 36.4 Å². The number of carbonyl (C=O) groups excluding carboxylic acids is 3. The van der Waals surface area contributed by atoms with Crippen LogP contribution < -0.4 is 46.8 Å². The van der Waals surface area contributed by atoms with Gasteiger partial charge in [-0.05, 0) is 89.5 Å². The first kappa shape index (κ1) is 66.8. The molecule has 0 aliphatic carbocycles. The van der Waals surface area contributed by atoms with Crippen LogP contribution in [-0.4, -0.2) is 119 Å². The smallest absolute Gasteiger partial charge is 0.416 e. The van der Waals surface area contributed by atoms with E-state index in [0.29, 0.717) is 16.7 Å². The molecule has 33 heteroatoms. The highest BCUT2D eigenvalue weighted by Crippen LogP contribution is 2.43. The highest BCUT2D eigenvalue weighted by molar-refractivity contribution is 6.06. The molecule has 0 saturated carbocycles. The van der Waals surface area contributed by atoms with Gasteiger partial charge in [-0.3, -0.25) is 56.9 Å². The van der Waals surface area contributed by atoms with Crippen LogP contribution >= 0.6 is 0 Å². The number of aromatic hydroxyl groups is 3. The second-order valence-electron chi connectivity index (χ2n) is 21.2. The molecular formula is C63H45F9N6O18. The summed E-state index contributed by atoms with van der Waals surface area (Å²) in [6, 6.07) is 23.4. The van der Waals surface area contributed by atoms with Crippen LogP contribution in [0, 0.1) is 0 Å². The Hall–Kier alpha value is -12.1. The van der Waals surface area contributed by atoms with Gasteiger partial charge in [-0.25, -0.2) is 0 Å². The van der Waals surface area contributed by atoms with Crippen LogP contribution in [0.5, 0.6) is 34.5 Å². The van der Waals surface area contributed by atoms with Crippen molar-refractivity contribution in [1.82, 2.24) is 29.7 Å². The number of pyridine rings is 3. The number of rotatable bonds is 12. The number of amides is 3. The number of aromatic nitrogens is 3. The Kier molecular flexibility index (Phi) is 18.0. The Balaban J connectivity index is 0.000000157. The Bertz CT molecular complexity index is 4380. The fraction of sp³-hybridized carbons (Fsp3) is 0.190. The highest BCUT2D eigenvalue weighted by Gasteiger charge is 2.38. The largest absolute Gasteiger partial charge is 0.506 e. The second kappa shape index (κ2) is 25.8. The van der Waals surface area contributed by atoms with Gasteiger partial charge in [0.1, 0.15) is 90.6 Å². The topological polar surface area (TPSA) is 354 Å². The molecule has 3 aliphatic heterocycles. The van der Waals surface area contributed by atoms with E-state index in [2.05, 4.69) is 0 Å². The number of halogens is 9. The third kappa shape index (κ3) is 12.9. The van der Waals surface area contributed by atoms with Gasteiger partial charge < -0.3 is 60.8 Å². The molecule has 498 valence electrons. The number of aliphatic carboxylic acids is 3. The summed E-state index contributed by atoms with van der Waals surface area (Å²) in [6.45, 7) is -2.67. The van der Waals surface area contributed by atoms with Crippen molar-refractivity contribution in [3.05, 3.63) is 209 Å². The summed E-state index contributed by atoms with van der Waals surface area (Å²) in [5.74, 6) is -8.54. The molecule has 3 aliphatic rings. The normalized spacial score (nSPS) is 15.3. The average Bonchev–Trinajstić information content (AvgIpc) is 0.745. The van der Waals surface area contributed by atoms with Gasteiger partial charge in [-0.2, -0.15) is 39.5 Å². The van der Waals surface area contributed by atoms with E-state index >= 15 is 0 Å². The molecule has 3 atom stereocenters. The summed E-state index contributed by atoms with van der Waals surface area (Å²) in [4.78, 5) is 110. The molecular weight excluding hydrogens is 1300 g/mol. The van der Waals surface area contributed by atoms with Gasteiger partial charge in [0, 0.05) is 16.2 Å². The molecule has 0 saturated heterocycles. The van der Waals surface area contributed by atoms with E-state index in [9.17, 15) is 98.0 Å². The van der Waals surface area contributed by atoms with Gasteiger partial charge in [0.05, 0.1) is 51.4 Å². The molecule has 6 heterocycles. The third-order valence-corrected chi connectivity index (χ3v) is 15.4. The number of nitrogens with one attached hydrogen (secondary N) is 3. The number of carboxylic acid groups (broad SMARTS) is 3. The van der Waals surface area contributed by atoms with E-state index in [-0.39, 0.29) is 69.8 Å². The van der Waals surface area contributed by atoms with Crippen LogP contribution in [0.25, 0.3) is 32.7 Å². The van der Waals surface area contributed by atoms with Crippen molar-refractivity contribution in [3.63, 3.8) is 0 Å². The molecule has 0 bridgehead atoms. The minimum atomic E-state index is -4.54. The molecule has 0 fully saturated rings. The lowest BCUT2D eigenvalue weighted by Gasteiger charge is -2.29. The van der Waals surface area contributed by atoms with Gasteiger partial charge in [0.15, 0.2) is 0 Å². The van der Waals surface area contributed by atoms with Gasteiger partial charge in [-0.1, -0.05) is 54.6 Å². The maximum Gasteiger partial charge on any atom is 0.416 e. The lowest BCUT2D eigenvalue weighted by molar-refractivity contribution is -0.138. The zero-order valence-electron chi connectivity index (χ0n) is 48.4. The molecule has 3 aromatic heterocycles. The summed E-state index contributed by atoms with van der Waals surface area (Å²) in [6.07, 6.45) is -13.6. The van der Waals surface area contributed by atoms with Crippen molar-refractivity contribution >= 4 is 68.3 Å². The van der Waals surface area contributed by atoms with Gasteiger partial charge in [0.25, 0.3) is 34.4 Å². The van der Waals surface area contributed by atoms with E-state index in [1.807, 2.05) is 16.0 Å². The maximum atomic E-state index is 13.3. The van der Waals surface area contributed by atoms with E-state index in [1.165, 1.54) is 86.5 Å². The molecule has 24 nitrogen and oxygen atoms in total. The summed E-state index contributed by atoms with van der Waals surface area (Å²) in [5.41, 5.74) is -5.95. The predicted molar refractivity (Wildman–Crippen MR) is 315 cm³/mol. The molecule has 9 N–H and O–H groups in total. The van der Waals surface area contributed by atoms with Crippen molar-refractivity contribution in [2.75, 3.05) is 39.5 Å². The second-order valence-corrected chi connectivity index (χ2v) is 21.2. The number of alkyl halides is 9. The highest BCUT2D eigenvalue weighted by atomic mass is 19.4. The quantitative estimate of drug-likeness (QED) is 0.0532. The molecule has 96 heavy (non-hydrogen) atoms. The molecule has 6 aromatic carbocycles. The predicted octanol–water partition coefficient (Wildman–Crippen LogP) is 7.57. The summed E-state index contributed by atoms with van der Waals surface area (Å²) >= 11 is 0. The average molecular weight is 1350 g/mol. The number of para-hydroxylation sites is 3. The first-order valence-corrected chi connectivity index (χ1v) is 27.9. The van der Waals surface area contributed by atoms with E-state index in [4.69, 9.17) is 29.5 Å².